The molecular formula is C15H16O2. The minimum Gasteiger partial charge on any atom is -0.508 e. The first-order chi connectivity index (χ1) is 8.00. The lowest BCUT2D eigenvalue weighted by Gasteiger charge is -2.14. The lowest BCUT2D eigenvalue weighted by Crippen LogP contribution is -1.92. The third-order valence-corrected chi connectivity index (χ3v) is 3.23. The zero-order valence-corrected chi connectivity index (χ0v) is 10.3. The van der Waals surface area contributed by atoms with Gasteiger partial charge in [0.2, 0.25) is 0 Å². The molecule has 2 rings (SSSR count). The van der Waals surface area contributed by atoms with Gasteiger partial charge in [0.1, 0.15) is 11.5 Å². The fourth-order valence-corrected chi connectivity index (χ4v) is 2.09. The van der Waals surface area contributed by atoms with E-state index in [-0.39, 0.29) is 5.75 Å². The first kappa shape index (κ1) is 11.5. The van der Waals surface area contributed by atoms with Crippen molar-refractivity contribution in [3.63, 3.8) is 0 Å². The molecule has 0 heterocycles. The van der Waals surface area contributed by atoms with E-state index in [4.69, 9.17) is 0 Å². The minimum absolute atomic E-state index is 0.251. The van der Waals surface area contributed by atoms with Crippen LogP contribution >= 0.6 is 0 Å². The highest BCUT2D eigenvalue weighted by Crippen LogP contribution is 2.35. The molecular weight excluding hydrogens is 212 g/mol. The van der Waals surface area contributed by atoms with E-state index in [9.17, 15) is 10.2 Å². The Morgan fingerprint density at radius 2 is 1.41 bits per heavy atom. The molecule has 2 nitrogen and oxygen atoms in total. The van der Waals surface area contributed by atoms with Gasteiger partial charge in [0.15, 0.2) is 0 Å². The van der Waals surface area contributed by atoms with Crippen molar-refractivity contribution >= 4 is 0 Å². The zero-order chi connectivity index (χ0) is 12.6. The Kier molecular flexibility index (Phi) is 2.80. The van der Waals surface area contributed by atoms with Gasteiger partial charge in [-0.1, -0.05) is 12.1 Å². The molecule has 0 unspecified atom stereocenters. The molecule has 2 aromatic carbocycles. The van der Waals surface area contributed by atoms with Gasteiger partial charge in [-0.05, 0) is 66.8 Å². The number of rotatable bonds is 1. The first-order valence-electron chi connectivity index (χ1n) is 5.60. The van der Waals surface area contributed by atoms with Gasteiger partial charge >= 0.3 is 0 Å². The summed E-state index contributed by atoms with van der Waals surface area (Å²) in [5, 5.41) is 19.2. The van der Waals surface area contributed by atoms with Gasteiger partial charge < -0.3 is 10.2 Å². The molecule has 0 fully saturated rings. The van der Waals surface area contributed by atoms with Gasteiger partial charge in [0, 0.05) is 0 Å². The Morgan fingerprint density at radius 1 is 0.824 bits per heavy atom. The molecule has 0 amide bonds. The van der Waals surface area contributed by atoms with E-state index >= 15 is 0 Å². The minimum atomic E-state index is 0.251. The lowest BCUT2D eigenvalue weighted by atomic mass is 9.92. The van der Waals surface area contributed by atoms with Crippen molar-refractivity contribution in [2.24, 2.45) is 0 Å². The van der Waals surface area contributed by atoms with Crippen LogP contribution in [0.3, 0.4) is 0 Å². The lowest BCUT2D eigenvalue weighted by molar-refractivity contribution is 0.471. The predicted molar refractivity (Wildman–Crippen MR) is 69.4 cm³/mol. The summed E-state index contributed by atoms with van der Waals surface area (Å²) >= 11 is 0. The number of benzene rings is 2. The molecule has 17 heavy (non-hydrogen) atoms. The van der Waals surface area contributed by atoms with Crippen LogP contribution in [0.5, 0.6) is 11.5 Å². The van der Waals surface area contributed by atoms with Gasteiger partial charge in [-0.3, -0.25) is 0 Å². The van der Waals surface area contributed by atoms with Gasteiger partial charge in [-0.15, -0.1) is 0 Å². The maximum atomic E-state index is 9.87. The summed E-state index contributed by atoms with van der Waals surface area (Å²) in [6.45, 7) is 5.94. The standard InChI is InChI=1S/C15H16O2/c1-9-8-14(17)11(3)15(10(9)2)12-4-6-13(16)7-5-12/h4-8,16-17H,1-3H3. The Hall–Kier alpha value is -1.96. The topological polar surface area (TPSA) is 40.5 Å². The Balaban J connectivity index is 2.70. The van der Waals surface area contributed by atoms with Crippen LogP contribution < -0.4 is 0 Å². The van der Waals surface area contributed by atoms with Crippen LogP contribution in [-0.4, -0.2) is 10.2 Å². The summed E-state index contributed by atoms with van der Waals surface area (Å²) in [6, 6.07) is 8.84. The van der Waals surface area contributed by atoms with E-state index in [1.807, 2.05) is 32.9 Å². The van der Waals surface area contributed by atoms with Crippen molar-refractivity contribution in [1.82, 2.24) is 0 Å². The van der Waals surface area contributed by atoms with E-state index in [2.05, 4.69) is 0 Å². The fraction of sp³-hybridized carbons (Fsp3) is 0.200. The molecule has 0 saturated carbocycles. The van der Waals surface area contributed by atoms with Crippen molar-refractivity contribution in [1.29, 1.82) is 0 Å². The van der Waals surface area contributed by atoms with E-state index in [1.165, 1.54) is 0 Å². The van der Waals surface area contributed by atoms with Crippen LogP contribution in [0.25, 0.3) is 11.1 Å². The van der Waals surface area contributed by atoms with Crippen molar-refractivity contribution in [3.8, 4) is 22.6 Å². The molecule has 0 atom stereocenters. The number of aryl methyl sites for hydroxylation is 1. The molecule has 88 valence electrons. The molecule has 0 aliphatic heterocycles. The molecule has 0 bridgehead atoms. The van der Waals surface area contributed by atoms with Gasteiger partial charge in [0.25, 0.3) is 0 Å². The number of aromatic hydroxyl groups is 2. The zero-order valence-electron chi connectivity index (χ0n) is 10.3. The maximum Gasteiger partial charge on any atom is 0.119 e. The van der Waals surface area contributed by atoms with E-state index in [0.717, 1.165) is 27.8 Å². The Morgan fingerprint density at radius 3 is 2.00 bits per heavy atom. The second kappa shape index (κ2) is 4.13. The second-order valence-electron chi connectivity index (χ2n) is 4.38. The van der Waals surface area contributed by atoms with Crippen LogP contribution in [0.2, 0.25) is 0 Å². The molecule has 0 aliphatic rings. The monoisotopic (exact) mass is 228 g/mol. The largest absolute Gasteiger partial charge is 0.508 e. The average Bonchev–Trinajstić information content (AvgIpc) is 2.29. The van der Waals surface area contributed by atoms with Crippen molar-refractivity contribution in [2.75, 3.05) is 0 Å². The molecule has 0 spiro atoms. The third-order valence-electron chi connectivity index (χ3n) is 3.23. The van der Waals surface area contributed by atoms with Crippen molar-refractivity contribution in [2.45, 2.75) is 20.8 Å². The fourth-order valence-electron chi connectivity index (χ4n) is 2.09. The number of hydrogen-bond acceptors (Lipinski definition) is 2. The van der Waals surface area contributed by atoms with Gasteiger partial charge in [-0.25, -0.2) is 0 Å². The van der Waals surface area contributed by atoms with Gasteiger partial charge in [-0.2, -0.15) is 0 Å². The smallest absolute Gasteiger partial charge is 0.119 e. The van der Waals surface area contributed by atoms with Crippen molar-refractivity contribution in [3.05, 3.63) is 47.0 Å². The normalized spacial score (nSPS) is 10.5. The molecule has 2 N–H and O–H groups in total. The average molecular weight is 228 g/mol. The summed E-state index contributed by atoms with van der Waals surface area (Å²) in [5.41, 5.74) is 5.15. The Labute approximate surface area is 101 Å². The molecule has 0 aromatic heterocycles. The molecule has 2 aromatic rings. The third kappa shape index (κ3) is 1.98. The first-order valence-corrected chi connectivity index (χ1v) is 5.60. The molecule has 2 heteroatoms. The molecule has 0 aliphatic carbocycles. The van der Waals surface area contributed by atoms with Crippen LogP contribution in [0, 0.1) is 20.8 Å². The Bertz CT molecular complexity index is 528. The van der Waals surface area contributed by atoms with Crippen LogP contribution in [0.1, 0.15) is 16.7 Å². The van der Waals surface area contributed by atoms with Gasteiger partial charge in [0.05, 0.1) is 0 Å². The summed E-state index contributed by atoms with van der Waals surface area (Å²) < 4.78 is 0. The van der Waals surface area contributed by atoms with E-state index < -0.39 is 0 Å². The van der Waals surface area contributed by atoms with Crippen LogP contribution in [0.4, 0.5) is 0 Å². The highest BCUT2D eigenvalue weighted by Gasteiger charge is 2.11. The SMILES string of the molecule is Cc1cc(O)c(C)c(-c2ccc(O)cc2)c1C. The summed E-state index contributed by atoms with van der Waals surface area (Å²) in [4.78, 5) is 0. The summed E-state index contributed by atoms with van der Waals surface area (Å²) in [7, 11) is 0. The summed E-state index contributed by atoms with van der Waals surface area (Å²) in [5.74, 6) is 0.567. The summed E-state index contributed by atoms with van der Waals surface area (Å²) in [6.07, 6.45) is 0. The molecule has 0 saturated heterocycles. The number of phenols is 2. The van der Waals surface area contributed by atoms with Crippen LogP contribution in [-0.2, 0) is 0 Å². The highest BCUT2D eigenvalue weighted by molar-refractivity contribution is 5.74. The second-order valence-corrected chi connectivity index (χ2v) is 4.38. The molecule has 0 radical (unpaired) electrons. The number of phenolic OH excluding ortho intramolecular Hbond substituents is 2. The quantitative estimate of drug-likeness (QED) is 0.781. The van der Waals surface area contributed by atoms with E-state index in [1.54, 1.807) is 18.2 Å². The predicted octanol–water partition coefficient (Wildman–Crippen LogP) is 3.69. The van der Waals surface area contributed by atoms with Crippen LogP contribution in [0.15, 0.2) is 30.3 Å². The maximum absolute atomic E-state index is 9.87. The van der Waals surface area contributed by atoms with E-state index in [0.29, 0.717) is 5.75 Å². The highest BCUT2D eigenvalue weighted by atomic mass is 16.3. The van der Waals surface area contributed by atoms with Crippen molar-refractivity contribution < 1.29 is 10.2 Å². The number of hydrogen-bond donors (Lipinski definition) is 2.